The van der Waals surface area contributed by atoms with Crippen LogP contribution in [0.1, 0.15) is 20.8 Å². The Balaban J connectivity index is 3.96. The highest BCUT2D eigenvalue weighted by Crippen LogP contribution is 2.34. The van der Waals surface area contributed by atoms with Crippen LogP contribution in [0, 0.1) is 0 Å². The van der Waals surface area contributed by atoms with Crippen molar-refractivity contribution < 1.29 is 22.0 Å². The van der Waals surface area contributed by atoms with E-state index in [4.69, 9.17) is 0 Å². The molecule has 7 heteroatoms. The topological polar surface area (TPSA) is 24.1 Å². The van der Waals surface area contributed by atoms with E-state index >= 15 is 0 Å². The number of rotatable bonds is 6. The molecule has 0 aromatic heterocycles. The molecule has 0 aliphatic heterocycles. The van der Waals surface area contributed by atoms with Crippen molar-refractivity contribution in [2.75, 3.05) is 13.1 Å². The molecular formula is C9H17F5N2. The van der Waals surface area contributed by atoms with Crippen molar-refractivity contribution in [3.05, 3.63) is 0 Å². The molecule has 0 saturated heterocycles. The molecule has 0 rings (SSSR count). The van der Waals surface area contributed by atoms with Gasteiger partial charge in [-0.15, -0.1) is 0 Å². The third-order valence-corrected chi connectivity index (χ3v) is 1.92. The maximum absolute atomic E-state index is 12.5. The Kier molecular flexibility index (Phi) is 5.61. The summed E-state index contributed by atoms with van der Waals surface area (Å²) in [4.78, 5) is 0. The van der Waals surface area contributed by atoms with E-state index < -0.39 is 24.7 Å². The van der Waals surface area contributed by atoms with Crippen LogP contribution in [0.4, 0.5) is 22.0 Å². The summed E-state index contributed by atoms with van der Waals surface area (Å²) in [5.74, 6) is -4.68. The number of hydrogen-bond donors (Lipinski definition) is 2. The van der Waals surface area contributed by atoms with Gasteiger partial charge in [0.2, 0.25) is 0 Å². The molecule has 98 valence electrons. The fourth-order valence-corrected chi connectivity index (χ4v) is 0.887. The Morgan fingerprint density at radius 1 is 0.938 bits per heavy atom. The first kappa shape index (κ1) is 15.6. The molecule has 2 N–H and O–H groups in total. The second-order valence-corrected chi connectivity index (χ2v) is 4.05. The van der Waals surface area contributed by atoms with E-state index in [9.17, 15) is 22.0 Å². The molecule has 0 radical (unpaired) electrons. The zero-order chi connectivity index (χ0) is 13.0. The van der Waals surface area contributed by atoms with Crippen molar-refractivity contribution >= 4 is 0 Å². The summed E-state index contributed by atoms with van der Waals surface area (Å²) in [6, 6.07) is -0.289. The molecule has 0 aliphatic carbocycles. The molecule has 2 nitrogen and oxygen atoms in total. The third kappa shape index (κ3) is 5.60. The van der Waals surface area contributed by atoms with Crippen molar-refractivity contribution in [3.8, 4) is 0 Å². The summed E-state index contributed by atoms with van der Waals surface area (Å²) in [6.45, 7) is 4.21. The zero-order valence-electron chi connectivity index (χ0n) is 9.46. The van der Waals surface area contributed by atoms with Crippen molar-refractivity contribution in [2.24, 2.45) is 0 Å². The minimum Gasteiger partial charge on any atom is -0.313 e. The molecule has 0 aromatic rings. The van der Waals surface area contributed by atoms with E-state index in [-0.39, 0.29) is 6.04 Å². The van der Waals surface area contributed by atoms with E-state index in [1.807, 2.05) is 13.8 Å². The predicted octanol–water partition coefficient (Wildman–Crippen LogP) is 2.16. The highest BCUT2D eigenvalue weighted by atomic mass is 19.4. The molecule has 0 aliphatic rings. The van der Waals surface area contributed by atoms with Gasteiger partial charge >= 0.3 is 12.1 Å². The Morgan fingerprint density at radius 3 is 1.81 bits per heavy atom. The maximum atomic E-state index is 12.5. The number of alkyl halides is 5. The van der Waals surface area contributed by atoms with Gasteiger partial charge in [-0.25, -0.2) is 0 Å². The van der Waals surface area contributed by atoms with Crippen LogP contribution < -0.4 is 10.6 Å². The molecular weight excluding hydrogens is 231 g/mol. The van der Waals surface area contributed by atoms with Gasteiger partial charge in [-0.2, -0.15) is 22.0 Å². The lowest BCUT2D eigenvalue weighted by atomic mass is 10.2. The fraction of sp³-hybridized carbons (Fsp3) is 1.00. The summed E-state index contributed by atoms with van der Waals surface area (Å²) in [6.07, 6.45) is -5.49. The summed E-state index contributed by atoms with van der Waals surface area (Å²) < 4.78 is 60.3. The average Bonchev–Trinajstić information content (AvgIpc) is 2.09. The Labute approximate surface area is 91.6 Å². The van der Waals surface area contributed by atoms with Crippen LogP contribution in [0.3, 0.4) is 0 Å². The van der Waals surface area contributed by atoms with Gasteiger partial charge in [0, 0.05) is 18.6 Å². The van der Waals surface area contributed by atoms with Crippen molar-refractivity contribution in [1.82, 2.24) is 10.6 Å². The monoisotopic (exact) mass is 248 g/mol. The molecule has 0 bridgehead atoms. The zero-order valence-corrected chi connectivity index (χ0v) is 9.46. The lowest BCUT2D eigenvalue weighted by Gasteiger charge is -2.23. The first-order chi connectivity index (χ1) is 7.06. The molecule has 0 saturated carbocycles. The SMILES string of the molecule is CC(C)NCC(C)NCC(F)(F)C(F)(F)F. The highest BCUT2D eigenvalue weighted by Gasteiger charge is 2.57. The van der Waals surface area contributed by atoms with Crippen LogP contribution in [0.15, 0.2) is 0 Å². The van der Waals surface area contributed by atoms with Crippen LogP contribution in [-0.4, -0.2) is 37.3 Å². The Morgan fingerprint density at radius 2 is 1.44 bits per heavy atom. The van der Waals surface area contributed by atoms with Crippen LogP contribution >= 0.6 is 0 Å². The van der Waals surface area contributed by atoms with Crippen LogP contribution in [0.2, 0.25) is 0 Å². The van der Waals surface area contributed by atoms with Gasteiger partial charge in [-0.3, -0.25) is 0 Å². The Bertz CT molecular complexity index is 203. The van der Waals surface area contributed by atoms with Crippen LogP contribution in [0.5, 0.6) is 0 Å². The third-order valence-electron chi connectivity index (χ3n) is 1.92. The lowest BCUT2D eigenvalue weighted by Crippen LogP contribution is -2.49. The van der Waals surface area contributed by atoms with Gasteiger partial charge in [-0.1, -0.05) is 13.8 Å². The summed E-state index contributed by atoms with van der Waals surface area (Å²) in [7, 11) is 0. The molecule has 0 amide bonds. The molecule has 0 spiro atoms. The van der Waals surface area contributed by atoms with E-state index in [1.54, 1.807) is 6.92 Å². The first-order valence-corrected chi connectivity index (χ1v) is 4.97. The minimum absolute atomic E-state index is 0.160. The molecule has 1 unspecified atom stereocenters. The number of nitrogens with one attached hydrogen (secondary N) is 2. The summed E-state index contributed by atoms with van der Waals surface area (Å²) >= 11 is 0. The molecule has 0 heterocycles. The van der Waals surface area contributed by atoms with E-state index in [0.29, 0.717) is 6.54 Å². The number of halogens is 5. The van der Waals surface area contributed by atoms with Gasteiger partial charge in [-0.05, 0) is 6.92 Å². The van der Waals surface area contributed by atoms with Gasteiger partial charge in [0.1, 0.15) is 0 Å². The molecule has 16 heavy (non-hydrogen) atoms. The summed E-state index contributed by atoms with van der Waals surface area (Å²) in [5.41, 5.74) is 0. The second-order valence-electron chi connectivity index (χ2n) is 4.05. The van der Waals surface area contributed by atoms with E-state index in [0.717, 1.165) is 0 Å². The van der Waals surface area contributed by atoms with E-state index in [1.165, 1.54) is 0 Å². The molecule has 0 aromatic carbocycles. The van der Waals surface area contributed by atoms with Crippen LogP contribution in [0.25, 0.3) is 0 Å². The predicted molar refractivity (Wildman–Crippen MR) is 51.6 cm³/mol. The Hall–Kier alpha value is -0.430. The quantitative estimate of drug-likeness (QED) is 0.704. The van der Waals surface area contributed by atoms with Gasteiger partial charge < -0.3 is 10.6 Å². The van der Waals surface area contributed by atoms with Crippen molar-refractivity contribution in [2.45, 2.75) is 45.0 Å². The fourth-order valence-electron chi connectivity index (χ4n) is 0.887. The van der Waals surface area contributed by atoms with Gasteiger partial charge in [0.25, 0.3) is 0 Å². The number of hydrogen-bond acceptors (Lipinski definition) is 2. The van der Waals surface area contributed by atoms with E-state index in [2.05, 4.69) is 10.6 Å². The van der Waals surface area contributed by atoms with Crippen molar-refractivity contribution in [3.63, 3.8) is 0 Å². The maximum Gasteiger partial charge on any atom is 0.454 e. The summed E-state index contributed by atoms with van der Waals surface area (Å²) in [5, 5.41) is 5.08. The standard InChI is InChI=1S/C9H17F5N2/c1-6(2)15-4-7(3)16-5-8(10,11)9(12,13)14/h6-7,15-16H,4-5H2,1-3H3. The van der Waals surface area contributed by atoms with Gasteiger partial charge in [0.15, 0.2) is 0 Å². The molecule has 1 atom stereocenters. The van der Waals surface area contributed by atoms with Crippen molar-refractivity contribution in [1.29, 1.82) is 0 Å². The van der Waals surface area contributed by atoms with Crippen LogP contribution in [-0.2, 0) is 0 Å². The minimum atomic E-state index is -5.49. The highest BCUT2D eigenvalue weighted by molar-refractivity contribution is 4.80. The second kappa shape index (κ2) is 5.77. The average molecular weight is 248 g/mol. The lowest BCUT2D eigenvalue weighted by molar-refractivity contribution is -0.279. The van der Waals surface area contributed by atoms with Gasteiger partial charge in [0.05, 0.1) is 6.54 Å². The largest absolute Gasteiger partial charge is 0.454 e. The smallest absolute Gasteiger partial charge is 0.313 e. The normalized spacial score (nSPS) is 15.6. The molecule has 0 fully saturated rings. The first-order valence-electron chi connectivity index (χ1n) is 4.97.